The molecule has 0 aromatic heterocycles. The van der Waals surface area contributed by atoms with Crippen LogP contribution in [0.2, 0.25) is 0 Å². The topological polar surface area (TPSA) is 38.8 Å². The Labute approximate surface area is 124 Å². The van der Waals surface area contributed by atoms with Gasteiger partial charge < -0.3 is 14.4 Å². The number of carbonyl (C=O) groups excluding carboxylic acids is 1. The number of carbonyl (C=O) groups is 1. The SMILES string of the molecule is COc1ccc(CC(=O)N(C)c2ccccc2)c(OC)c1. The van der Waals surface area contributed by atoms with Gasteiger partial charge in [-0.15, -0.1) is 0 Å². The second kappa shape index (κ2) is 6.79. The van der Waals surface area contributed by atoms with Crippen molar-refractivity contribution in [3.63, 3.8) is 0 Å². The third-order valence-corrected chi connectivity index (χ3v) is 3.35. The Kier molecular flexibility index (Phi) is 4.82. The molecule has 2 rings (SSSR count). The van der Waals surface area contributed by atoms with Crippen molar-refractivity contribution in [1.29, 1.82) is 0 Å². The Morgan fingerprint density at radius 3 is 2.38 bits per heavy atom. The minimum absolute atomic E-state index is 0.00432. The predicted molar refractivity (Wildman–Crippen MR) is 83.1 cm³/mol. The van der Waals surface area contributed by atoms with Gasteiger partial charge in [-0.05, 0) is 18.2 Å². The molecule has 0 heterocycles. The minimum Gasteiger partial charge on any atom is -0.497 e. The molecule has 2 aromatic carbocycles. The Morgan fingerprint density at radius 1 is 1.05 bits per heavy atom. The molecule has 2 aromatic rings. The Hall–Kier alpha value is -2.49. The zero-order chi connectivity index (χ0) is 15.2. The van der Waals surface area contributed by atoms with E-state index in [1.165, 1.54) is 0 Å². The number of nitrogens with zero attached hydrogens (tertiary/aromatic N) is 1. The fourth-order valence-electron chi connectivity index (χ4n) is 2.08. The second-order valence-corrected chi connectivity index (χ2v) is 4.64. The molecule has 0 N–H and O–H groups in total. The Balaban J connectivity index is 2.16. The van der Waals surface area contributed by atoms with Crippen LogP contribution >= 0.6 is 0 Å². The summed E-state index contributed by atoms with van der Waals surface area (Å²) >= 11 is 0. The van der Waals surface area contributed by atoms with E-state index < -0.39 is 0 Å². The van der Waals surface area contributed by atoms with E-state index in [4.69, 9.17) is 9.47 Å². The smallest absolute Gasteiger partial charge is 0.231 e. The summed E-state index contributed by atoms with van der Waals surface area (Å²) in [6.07, 6.45) is 0.276. The fraction of sp³-hybridized carbons (Fsp3) is 0.235. The molecule has 0 aliphatic carbocycles. The number of methoxy groups -OCH3 is 2. The molecule has 21 heavy (non-hydrogen) atoms. The maximum Gasteiger partial charge on any atom is 0.231 e. The van der Waals surface area contributed by atoms with Crippen LogP contribution in [0.4, 0.5) is 5.69 Å². The summed E-state index contributed by atoms with van der Waals surface area (Å²) in [5.74, 6) is 1.37. The molecule has 110 valence electrons. The molecule has 4 nitrogen and oxygen atoms in total. The lowest BCUT2D eigenvalue weighted by atomic mass is 10.1. The molecular weight excluding hydrogens is 266 g/mol. The largest absolute Gasteiger partial charge is 0.497 e. The van der Waals surface area contributed by atoms with Crippen LogP contribution < -0.4 is 14.4 Å². The lowest BCUT2D eigenvalue weighted by Crippen LogP contribution is -2.27. The third-order valence-electron chi connectivity index (χ3n) is 3.35. The highest BCUT2D eigenvalue weighted by Crippen LogP contribution is 2.25. The van der Waals surface area contributed by atoms with Gasteiger partial charge in [0.1, 0.15) is 11.5 Å². The van der Waals surface area contributed by atoms with Crippen LogP contribution in [0.3, 0.4) is 0 Å². The Morgan fingerprint density at radius 2 is 1.76 bits per heavy atom. The van der Waals surface area contributed by atoms with E-state index in [1.807, 2.05) is 42.5 Å². The van der Waals surface area contributed by atoms with Gasteiger partial charge in [-0.3, -0.25) is 4.79 Å². The van der Waals surface area contributed by atoms with Gasteiger partial charge in [0.05, 0.1) is 20.6 Å². The molecule has 4 heteroatoms. The summed E-state index contributed by atoms with van der Waals surface area (Å²) in [5.41, 5.74) is 1.71. The summed E-state index contributed by atoms with van der Waals surface area (Å²) in [7, 11) is 4.96. The minimum atomic E-state index is 0.00432. The first-order valence-corrected chi connectivity index (χ1v) is 6.68. The van der Waals surface area contributed by atoms with Crippen molar-refractivity contribution < 1.29 is 14.3 Å². The van der Waals surface area contributed by atoms with Crippen LogP contribution in [0.5, 0.6) is 11.5 Å². The van der Waals surface area contributed by atoms with Crippen LogP contribution in [0.1, 0.15) is 5.56 Å². The van der Waals surface area contributed by atoms with Gasteiger partial charge in [-0.25, -0.2) is 0 Å². The second-order valence-electron chi connectivity index (χ2n) is 4.64. The number of likely N-dealkylation sites (N-methyl/N-ethyl adjacent to an activating group) is 1. The normalized spacial score (nSPS) is 10.0. The van der Waals surface area contributed by atoms with Gasteiger partial charge >= 0.3 is 0 Å². The van der Waals surface area contributed by atoms with Crippen molar-refractivity contribution in [1.82, 2.24) is 0 Å². The molecule has 0 atom stereocenters. The average Bonchev–Trinajstić information content (AvgIpc) is 2.55. The van der Waals surface area contributed by atoms with Gasteiger partial charge in [0, 0.05) is 24.4 Å². The number of amides is 1. The third kappa shape index (κ3) is 3.54. The first kappa shape index (κ1) is 14.9. The van der Waals surface area contributed by atoms with E-state index in [-0.39, 0.29) is 12.3 Å². The van der Waals surface area contributed by atoms with Crippen LogP contribution in [0.15, 0.2) is 48.5 Å². The van der Waals surface area contributed by atoms with Crippen molar-refractivity contribution in [2.45, 2.75) is 6.42 Å². The average molecular weight is 285 g/mol. The molecule has 0 aliphatic heterocycles. The van der Waals surface area contributed by atoms with Crippen LogP contribution in [-0.4, -0.2) is 27.2 Å². The molecule has 0 saturated carbocycles. The standard InChI is InChI=1S/C17H19NO3/c1-18(14-7-5-4-6-8-14)17(19)11-13-9-10-15(20-2)12-16(13)21-3/h4-10,12H,11H2,1-3H3. The fourth-order valence-corrected chi connectivity index (χ4v) is 2.08. The Bertz CT molecular complexity index is 611. The van der Waals surface area contributed by atoms with Gasteiger partial charge in [-0.2, -0.15) is 0 Å². The van der Waals surface area contributed by atoms with Crippen molar-refractivity contribution in [3.8, 4) is 11.5 Å². The first-order valence-electron chi connectivity index (χ1n) is 6.68. The van der Waals surface area contributed by atoms with E-state index in [1.54, 1.807) is 32.2 Å². The molecule has 1 amide bonds. The summed E-state index contributed by atoms with van der Waals surface area (Å²) in [6, 6.07) is 15.0. The number of hydrogen-bond acceptors (Lipinski definition) is 3. The molecule has 0 saturated heterocycles. The van der Waals surface area contributed by atoms with E-state index in [9.17, 15) is 4.79 Å². The number of para-hydroxylation sites is 1. The number of hydrogen-bond donors (Lipinski definition) is 0. The highest BCUT2D eigenvalue weighted by Gasteiger charge is 2.14. The summed E-state index contributed by atoms with van der Waals surface area (Å²) in [5, 5.41) is 0. The zero-order valence-corrected chi connectivity index (χ0v) is 12.5. The monoisotopic (exact) mass is 285 g/mol. The lowest BCUT2D eigenvalue weighted by Gasteiger charge is -2.18. The number of ether oxygens (including phenoxy) is 2. The van der Waals surface area contributed by atoms with Crippen molar-refractivity contribution in [2.24, 2.45) is 0 Å². The molecule has 0 aliphatic rings. The molecule has 0 radical (unpaired) electrons. The quantitative estimate of drug-likeness (QED) is 0.848. The predicted octanol–water partition coefficient (Wildman–Crippen LogP) is 2.91. The van der Waals surface area contributed by atoms with E-state index in [2.05, 4.69) is 0 Å². The van der Waals surface area contributed by atoms with Gasteiger partial charge in [-0.1, -0.05) is 24.3 Å². The lowest BCUT2D eigenvalue weighted by molar-refractivity contribution is -0.117. The number of benzene rings is 2. The highest BCUT2D eigenvalue weighted by molar-refractivity contribution is 5.94. The maximum atomic E-state index is 12.4. The van der Waals surface area contributed by atoms with Gasteiger partial charge in [0.15, 0.2) is 0 Å². The summed E-state index contributed by atoms with van der Waals surface area (Å²) in [4.78, 5) is 14.0. The van der Waals surface area contributed by atoms with Crippen LogP contribution in [0, 0.1) is 0 Å². The van der Waals surface area contributed by atoms with Crippen molar-refractivity contribution in [2.75, 3.05) is 26.2 Å². The number of rotatable bonds is 5. The zero-order valence-electron chi connectivity index (χ0n) is 12.5. The van der Waals surface area contributed by atoms with E-state index in [0.29, 0.717) is 11.5 Å². The summed E-state index contributed by atoms with van der Waals surface area (Å²) in [6.45, 7) is 0. The summed E-state index contributed by atoms with van der Waals surface area (Å²) < 4.78 is 10.5. The van der Waals surface area contributed by atoms with Crippen LogP contribution in [0.25, 0.3) is 0 Å². The van der Waals surface area contributed by atoms with Gasteiger partial charge in [0.25, 0.3) is 0 Å². The van der Waals surface area contributed by atoms with Crippen molar-refractivity contribution in [3.05, 3.63) is 54.1 Å². The molecule has 0 fully saturated rings. The van der Waals surface area contributed by atoms with E-state index >= 15 is 0 Å². The first-order chi connectivity index (χ1) is 10.2. The molecule has 0 bridgehead atoms. The van der Waals surface area contributed by atoms with Gasteiger partial charge in [0.2, 0.25) is 5.91 Å². The van der Waals surface area contributed by atoms with Crippen LogP contribution in [-0.2, 0) is 11.2 Å². The molecule has 0 unspecified atom stereocenters. The highest BCUT2D eigenvalue weighted by atomic mass is 16.5. The van der Waals surface area contributed by atoms with E-state index in [0.717, 1.165) is 11.3 Å². The number of anilines is 1. The molecular formula is C17H19NO3. The van der Waals surface area contributed by atoms with Crippen molar-refractivity contribution >= 4 is 11.6 Å². The molecule has 0 spiro atoms. The maximum absolute atomic E-state index is 12.4.